The summed E-state index contributed by atoms with van der Waals surface area (Å²) in [6.45, 7) is 3.06. The molecule has 0 radical (unpaired) electrons. The first-order chi connectivity index (χ1) is 13.0. The monoisotopic (exact) mass is 368 g/mol. The van der Waals surface area contributed by atoms with Crippen molar-refractivity contribution < 1.29 is 14.3 Å². The van der Waals surface area contributed by atoms with E-state index in [1.807, 2.05) is 29.7 Å². The summed E-state index contributed by atoms with van der Waals surface area (Å²) in [5.41, 5.74) is -0.296. The predicted octanol–water partition coefficient (Wildman–Crippen LogP) is 1.38. The van der Waals surface area contributed by atoms with Gasteiger partial charge in [-0.2, -0.15) is 0 Å². The Bertz CT molecular complexity index is 851. The first-order valence-corrected chi connectivity index (χ1v) is 9.17. The van der Waals surface area contributed by atoms with Crippen LogP contribution in [0.15, 0.2) is 42.7 Å². The van der Waals surface area contributed by atoms with Gasteiger partial charge >= 0.3 is 0 Å². The van der Waals surface area contributed by atoms with Gasteiger partial charge in [-0.1, -0.05) is 18.2 Å². The van der Waals surface area contributed by atoms with E-state index in [0.29, 0.717) is 18.7 Å². The third kappa shape index (κ3) is 3.02. The zero-order chi connectivity index (χ0) is 19.1. The van der Waals surface area contributed by atoms with E-state index >= 15 is 0 Å². The second-order valence-corrected chi connectivity index (χ2v) is 7.45. The summed E-state index contributed by atoms with van der Waals surface area (Å²) < 4.78 is 7.61. The number of benzene rings is 1. The Morgan fingerprint density at radius 2 is 1.93 bits per heavy atom. The van der Waals surface area contributed by atoms with Crippen molar-refractivity contribution >= 4 is 11.8 Å². The van der Waals surface area contributed by atoms with Gasteiger partial charge in [0.15, 0.2) is 0 Å². The highest BCUT2D eigenvalue weighted by molar-refractivity contribution is 5.95. The number of methoxy groups -OCH3 is 1. The summed E-state index contributed by atoms with van der Waals surface area (Å²) in [4.78, 5) is 31.3. The SMILES string of the molecule is COC1(C2(NC(=O)c3ccccc3)CN(C(=O)Cn3ccnc3C)C2)CC1. The second kappa shape index (κ2) is 6.49. The molecule has 0 bridgehead atoms. The molecule has 2 aromatic rings. The van der Waals surface area contributed by atoms with Crippen LogP contribution in [0, 0.1) is 6.92 Å². The molecule has 4 rings (SSSR count). The van der Waals surface area contributed by atoms with E-state index in [9.17, 15) is 9.59 Å². The molecule has 1 aromatic carbocycles. The molecule has 27 heavy (non-hydrogen) atoms. The minimum Gasteiger partial charge on any atom is -0.376 e. The Kier molecular flexibility index (Phi) is 4.26. The number of aryl methyl sites for hydroxylation is 1. The average molecular weight is 368 g/mol. The van der Waals surface area contributed by atoms with Gasteiger partial charge in [0, 0.05) is 38.2 Å². The van der Waals surface area contributed by atoms with Gasteiger partial charge in [0.1, 0.15) is 17.9 Å². The highest BCUT2D eigenvalue weighted by Crippen LogP contribution is 2.51. The Balaban J connectivity index is 1.47. The fourth-order valence-electron chi connectivity index (χ4n) is 3.95. The second-order valence-electron chi connectivity index (χ2n) is 7.45. The number of ether oxygens (including phenoxy) is 1. The number of imidazole rings is 1. The van der Waals surface area contributed by atoms with E-state index in [1.54, 1.807) is 36.5 Å². The Morgan fingerprint density at radius 3 is 2.48 bits per heavy atom. The summed E-state index contributed by atoms with van der Waals surface area (Å²) in [5.74, 6) is 0.701. The smallest absolute Gasteiger partial charge is 0.251 e. The largest absolute Gasteiger partial charge is 0.376 e. The summed E-state index contributed by atoms with van der Waals surface area (Å²) in [6, 6.07) is 9.15. The zero-order valence-corrected chi connectivity index (χ0v) is 15.6. The number of rotatable bonds is 6. The number of nitrogens with one attached hydrogen (secondary N) is 1. The van der Waals surface area contributed by atoms with Gasteiger partial charge in [-0.25, -0.2) is 4.98 Å². The summed E-state index contributed by atoms with van der Waals surface area (Å²) in [5, 5.41) is 3.18. The molecule has 142 valence electrons. The number of carbonyl (C=O) groups is 2. The van der Waals surface area contributed by atoms with Gasteiger partial charge in [0.2, 0.25) is 5.91 Å². The van der Waals surface area contributed by atoms with Crippen molar-refractivity contribution in [3.05, 3.63) is 54.1 Å². The minimum absolute atomic E-state index is 0.0209. The number of hydrogen-bond donors (Lipinski definition) is 1. The highest BCUT2D eigenvalue weighted by Gasteiger charge is 2.66. The fourth-order valence-corrected chi connectivity index (χ4v) is 3.95. The van der Waals surface area contributed by atoms with Crippen LogP contribution in [0.4, 0.5) is 0 Å². The van der Waals surface area contributed by atoms with Gasteiger partial charge in [0.25, 0.3) is 5.91 Å². The van der Waals surface area contributed by atoms with Gasteiger partial charge in [-0.15, -0.1) is 0 Å². The lowest BCUT2D eigenvalue weighted by molar-refractivity contribution is -0.148. The number of carbonyl (C=O) groups excluding carboxylic acids is 2. The quantitative estimate of drug-likeness (QED) is 0.836. The Hall–Kier alpha value is -2.67. The number of amides is 2. The molecule has 0 atom stereocenters. The molecular formula is C20H24N4O3. The van der Waals surface area contributed by atoms with Crippen LogP contribution in [-0.4, -0.2) is 57.6 Å². The summed E-state index contributed by atoms with van der Waals surface area (Å²) in [7, 11) is 1.68. The molecule has 0 spiro atoms. The molecule has 1 N–H and O–H groups in total. The fraction of sp³-hybridized carbons (Fsp3) is 0.450. The molecule has 0 unspecified atom stereocenters. The highest BCUT2D eigenvalue weighted by atomic mass is 16.5. The van der Waals surface area contributed by atoms with Crippen LogP contribution in [0.1, 0.15) is 29.0 Å². The van der Waals surface area contributed by atoms with E-state index in [-0.39, 0.29) is 24.0 Å². The van der Waals surface area contributed by atoms with Crippen molar-refractivity contribution in [3.8, 4) is 0 Å². The lowest BCUT2D eigenvalue weighted by atomic mass is 9.81. The molecule has 2 amide bonds. The normalized spacial score (nSPS) is 19.3. The van der Waals surface area contributed by atoms with Crippen LogP contribution in [0.2, 0.25) is 0 Å². The van der Waals surface area contributed by atoms with Gasteiger partial charge < -0.3 is 19.5 Å². The molecular weight excluding hydrogens is 344 g/mol. The molecule has 7 nitrogen and oxygen atoms in total. The molecule has 2 fully saturated rings. The average Bonchev–Trinajstić information content (AvgIpc) is 3.36. The van der Waals surface area contributed by atoms with Crippen molar-refractivity contribution in [3.63, 3.8) is 0 Å². The van der Waals surface area contributed by atoms with Crippen LogP contribution in [0.5, 0.6) is 0 Å². The van der Waals surface area contributed by atoms with Crippen LogP contribution >= 0.6 is 0 Å². The molecule has 2 aliphatic rings. The van der Waals surface area contributed by atoms with Crippen LogP contribution in [0.25, 0.3) is 0 Å². The molecule has 1 aliphatic heterocycles. The molecule has 1 saturated carbocycles. The van der Waals surface area contributed by atoms with Crippen LogP contribution in [-0.2, 0) is 16.1 Å². The number of hydrogen-bond acceptors (Lipinski definition) is 4. The first kappa shape index (κ1) is 17.7. The van der Waals surface area contributed by atoms with E-state index < -0.39 is 5.54 Å². The Morgan fingerprint density at radius 1 is 1.22 bits per heavy atom. The molecule has 2 heterocycles. The Labute approximate surface area is 158 Å². The van der Waals surface area contributed by atoms with E-state index in [1.165, 1.54) is 0 Å². The zero-order valence-electron chi connectivity index (χ0n) is 15.6. The van der Waals surface area contributed by atoms with Gasteiger partial charge in [-0.05, 0) is 31.9 Å². The lowest BCUT2D eigenvalue weighted by Gasteiger charge is -2.54. The van der Waals surface area contributed by atoms with Crippen molar-refractivity contribution in [1.82, 2.24) is 19.8 Å². The van der Waals surface area contributed by atoms with E-state index in [2.05, 4.69) is 10.3 Å². The predicted molar refractivity (Wildman–Crippen MR) is 99.2 cm³/mol. The maximum atomic E-state index is 12.7. The van der Waals surface area contributed by atoms with E-state index in [4.69, 9.17) is 4.74 Å². The molecule has 7 heteroatoms. The van der Waals surface area contributed by atoms with Crippen molar-refractivity contribution in [2.75, 3.05) is 20.2 Å². The van der Waals surface area contributed by atoms with Crippen LogP contribution in [0.3, 0.4) is 0 Å². The van der Waals surface area contributed by atoms with Gasteiger partial charge in [-0.3, -0.25) is 9.59 Å². The standard InChI is InChI=1S/C20H24N4O3/c1-15-21-10-11-23(15)12-17(25)24-13-19(14-24,20(27-2)8-9-20)22-18(26)16-6-4-3-5-7-16/h3-7,10-11H,8-9,12-14H2,1-2H3,(H,22,26). The summed E-state index contributed by atoms with van der Waals surface area (Å²) in [6.07, 6.45) is 5.27. The number of aromatic nitrogens is 2. The van der Waals surface area contributed by atoms with E-state index in [0.717, 1.165) is 18.7 Å². The third-order valence-electron chi connectivity index (χ3n) is 5.86. The topological polar surface area (TPSA) is 76.5 Å². The maximum absolute atomic E-state index is 12.7. The third-order valence-corrected chi connectivity index (χ3v) is 5.86. The maximum Gasteiger partial charge on any atom is 0.251 e. The van der Waals surface area contributed by atoms with Crippen molar-refractivity contribution in [2.45, 2.75) is 37.5 Å². The van der Waals surface area contributed by atoms with Crippen LogP contribution < -0.4 is 5.32 Å². The molecule has 1 aliphatic carbocycles. The number of nitrogens with zero attached hydrogens (tertiary/aromatic N) is 3. The van der Waals surface area contributed by atoms with Crippen molar-refractivity contribution in [2.24, 2.45) is 0 Å². The number of likely N-dealkylation sites (tertiary alicyclic amines) is 1. The minimum atomic E-state index is -0.533. The van der Waals surface area contributed by atoms with Gasteiger partial charge in [0.05, 0.1) is 5.60 Å². The van der Waals surface area contributed by atoms with Crippen molar-refractivity contribution in [1.29, 1.82) is 0 Å². The summed E-state index contributed by atoms with van der Waals surface area (Å²) >= 11 is 0. The molecule has 1 saturated heterocycles. The lowest BCUT2D eigenvalue weighted by Crippen LogP contribution is -2.77. The first-order valence-electron chi connectivity index (χ1n) is 9.17. The molecule has 1 aromatic heterocycles.